The fourth-order valence-corrected chi connectivity index (χ4v) is 10.8. The number of furan rings is 1. The Morgan fingerprint density at radius 2 is 1.03 bits per heavy atom. The SMILES string of the molecule is Cc1ccccc1-c1ccc(N2B3c4ccc(-c5c(C)cccc5C)cc4N(c4cc(C(C)(C)C)cc(C(C)(C)C)c4)c4cc5ccoc5c(c43)-c3cc(-c4ccccc4C)ccc32)cc1. The van der Waals surface area contributed by atoms with Crippen LogP contribution >= 0.6 is 0 Å². The topological polar surface area (TPSA) is 19.6 Å². The maximum absolute atomic E-state index is 6.65. The second-order valence-corrected chi connectivity index (χ2v) is 20.8. The molecule has 11 rings (SSSR count). The van der Waals surface area contributed by atoms with Gasteiger partial charge in [-0.15, -0.1) is 0 Å². The van der Waals surface area contributed by atoms with Crippen molar-refractivity contribution < 1.29 is 4.42 Å². The summed E-state index contributed by atoms with van der Waals surface area (Å²) in [5.74, 6) is 0. The van der Waals surface area contributed by atoms with Crippen LogP contribution in [0.25, 0.3) is 55.5 Å². The second-order valence-electron chi connectivity index (χ2n) is 20.8. The zero-order valence-electron chi connectivity index (χ0n) is 40.0. The summed E-state index contributed by atoms with van der Waals surface area (Å²) in [5.41, 5.74) is 26.5. The molecule has 1 aromatic heterocycles. The monoisotopic (exact) mass is 856 g/mol. The van der Waals surface area contributed by atoms with Crippen molar-refractivity contribution in [1.82, 2.24) is 0 Å². The number of aryl methyl sites for hydroxylation is 4. The molecule has 0 amide bonds. The maximum Gasteiger partial charge on any atom is 0.333 e. The lowest BCUT2D eigenvalue weighted by Gasteiger charge is -2.46. The zero-order chi connectivity index (χ0) is 45.8. The predicted molar refractivity (Wildman–Crippen MR) is 283 cm³/mol. The summed E-state index contributed by atoms with van der Waals surface area (Å²) in [6.45, 7) is 22.7. The number of hydrogen-bond acceptors (Lipinski definition) is 3. The summed E-state index contributed by atoms with van der Waals surface area (Å²) in [6, 6.07) is 59.6. The Morgan fingerprint density at radius 3 is 1.67 bits per heavy atom. The molecule has 0 N–H and O–H groups in total. The van der Waals surface area contributed by atoms with E-state index in [0.717, 1.165) is 27.9 Å². The molecular formula is C62H57BN2O. The Hall–Kier alpha value is -7.04. The van der Waals surface area contributed by atoms with Crippen molar-refractivity contribution >= 4 is 57.2 Å². The van der Waals surface area contributed by atoms with Crippen LogP contribution in [0.1, 0.15) is 74.9 Å². The number of benzene rings is 8. The van der Waals surface area contributed by atoms with Crippen molar-refractivity contribution in [2.75, 3.05) is 9.71 Å². The first kappa shape index (κ1) is 41.7. The highest BCUT2D eigenvalue weighted by Gasteiger charge is 2.47. The van der Waals surface area contributed by atoms with E-state index in [9.17, 15) is 0 Å². The van der Waals surface area contributed by atoms with E-state index >= 15 is 0 Å². The van der Waals surface area contributed by atoms with Gasteiger partial charge in [0.15, 0.2) is 0 Å². The third-order valence-electron chi connectivity index (χ3n) is 14.4. The van der Waals surface area contributed by atoms with Gasteiger partial charge in [0.05, 0.1) is 6.26 Å². The Labute approximate surface area is 391 Å². The Kier molecular flexibility index (Phi) is 9.64. The molecule has 9 aromatic rings. The molecule has 0 saturated heterocycles. The lowest BCUT2D eigenvalue weighted by Crippen LogP contribution is -2.61. The standard InChI is InChI=1S/C62H57BN2O/c1-38-16-11-13-20-50(38)42-22-26-48(27-23-42)65-54-29-25-43(51-21-14-12-17-39(51)2)32-52(54)58-59-56(34-45-30-31-66-60(45)58)64(49-36-46(61(5,6)7)35-47(37-49)62(8,9)10)55-33-44(24-28-53(55)63(59)65)57-40(3)18-15-19-41(57)4/h11-37H,1-10H3. The van der Waals surface area contributed by atoms with Gasteiger partial charge in [0.25, 0.3) is 0 Å². The molecule has 3 nitrogen and oxygen atoms in total. The molecule has 4 heteroatoms. The largest absolute Gasteiger partial charge is 0.464 e. The van der Waals surface area contributed by atoms with Crippen LogP contribution in [0.4, 0.5) is 28.4 Å². The zero-order valence-corrected chi connectivity index (χ0v) is 40.0. The Morgan fingerprint density at radius 1 is 0.439 bits per heavy atom. The van der Waals surface area contributed by atoms with Gasteiger partial charge < -0.3 is 14.1 Å². The molecular weight excluding hydrogens is 800 g/mol. The number of anilines is 5. The van der Waals surface area contributed by atoms with Crippen LogP contribution in [0.15, 0.2) is 168 Å². The highest BCUT2D eigenvalue weighted by Crippen LogP contribution is 2.51. The fraction of sp³-hybridized carbons (Fsp3) is 0.194. The third kappa shape index (κ3) is 6.72. The van der Waals surface area contributed by atoms with Gasteiger partial charge in [-0.05, 0) is 171 Å². The molecule has 2 aliphatic rings. The molecule has 3 heterocycles. The minimum atomic E-state index is -0.170. The first-order chi connectivity index (χ1) is 31.7. The summed E-state index contributed by atoms with van der Waals surface area (Å²) in [5, 5.41) is 1.09. The molecule has 0 fully saturated rings. The minimum absolute atomic E-state index is 0.0720. The van der Waals surface area contributed by atoms with E-state index in [1.807, 2.05) is 6.26 Å². The van der Waals surface area contributed by atoms with Crippen LogP contribution in [-0.2, 0) is 10.8 Å². The van der Waals surface area contributed by atoms with Gasteiger partial charge in [0.2, 0.25) is 0 Å². The fourth-order valence-electron chi connectivity index (χ4n) is 10.8. The maximum atomic E-state index is 6.65. The molecule has 8 aromatic carbocycles. The van der Waals surface area contributed by atoms with E-state index in [1.54, 1.807) is 0 Å². The number of nitrogens with zero attached hydrogens (tertiary/aromatic N) is 2. The average molecular weight is 857 g/mol. The average Bonchev–Trinajstić information content (AvgIpc) is 3.77. The molecule has 0 spiro atoms. The molecule has 324 valence electrons. The van der Waals surface area contributed by atoms with Crippen LogP contribution in [0.3, 0.4) is 0 Å². The highest BCUT2D eigenvalue weighted by molar-refractivity contribution is 6.94. The van der Waals surface area contributed by atoms with Gasteiger partial charge in [-0.3, -0.25) is 0 Å². The second kappa shape index (κ2) is 15.3. The van der Waals surface area contributed by atoms with Crippen LogP contribution in [-0.4, -0.2) is 6.85 Å². The first-order valence-corrected chi connectivity index (χ1v) is 23.5. The van der Waals surface area contributed by atoms with Gasteiger partial charge in [-0.25, -0.2) is 0 Å². The van der Waals surface area contributed by atoms with Crippen molar-refractivity contribution in [2.45, 2.75) is 80.1 Å². The number of fused-ring (bicyclic) bond motifs is 6. The van der Waals surface area contributed by atoms with E-state index in [0.29, 0.717) is 0 Å². The lowest BCUT2D eigenvalue weighted by atomic mass is 9.43. The van der Waals surface area contributed by atoms with Gasteiger partial charge in [-0.2, -0.15) is 0 Å². The number of rotatable bonds is 5. The summed E-state index contributed by atoms with van der Waals surface area (Å²) in [6.07, 6.45) is 1.87. The Balaban J connectivity index is 1.26. The molecule has 0 bridgehead atoms. The van der Waals surface area contributed by atoms with Crippen molar-refractivity contribution in [3.63, 3.8) is 0 Å². The normalized spacial score (nSPS) is 13.2. The van der Waals surface area contributed by atoms with E-state index in [2.05, 4.69) is 237 Å². The smallest absolute Gasteiger partial charge is 0.333 e. The molecule has 0 aliphatic carbocycles. The predicted octanol–water partition coefficient (Wildman–Crippen LogP) is 16.0. The molecule has 0 atom stereocenters. The summed E-state index contributed by atoms with van der Waals surface area (Å²) < 4.78 is 6.65. The van der Waals surface area contributed by atoms with Crippen molar-refractivity contribution in [3.05, 3.63) is 197 Å². The molecule has 0 unspecified atom stereocenters. The molecule has 0 radical (unpaired) electrons. The molecule has 2 aliphatic heterocycles. The van der Waals surface area contributed by atoms with Crippen LogP contribution < -0.4 is 20.6 Å². The van der Waals surface area contributed by atoms with Gasteiger partial charge in [0.1, 0.15) is 5.58 Å². The van der Waals surface area contributed by atoms with Crippen molar-refractivity contribution in [3.8, 4) is 44.5 Å². The van der Waals surface area contributed by atoms with Gasteiger partial charge >= 0.3 is 6.85 Å². The lowest BCUT2D eigenvalue weighted by molar-refractivity contribution is 0.569. The first-order valence-electron chi connectivity index (χ1n) is 23.5. The van der Waals surface area contributed by atoms with Crippen LogP contribution in [0, 0.1) is 27.7 Å². The Bertz CT molecular complexity index is 3340. The van der Waals surface area contributed by atoms with E-state index < -0.39 is 0 Å². The summed E-state index contributed by atoms with van der Waals surface area (Å²) in [7, 11) is 0. The third-order valence-corrected chi connectivity index (χ3v) is 14.4. The number of hydrogen-bond donors (Lipinski definition) is 0. The van der Waals surface area contributed by atoms with Crippen LogP contribution in [0.5, 0.6) is 0 Å². The highest BCUT2D eigenvalue weighted by atomic mass is 16.3. The summed E-state index contributed by atoms with van der Waals surface area (Å²) in [4.78, 5) is 5.20. The van der Waals surface area contributed by atoms with E-state index in [1.165, 1.54) is 100 Å². The van der Waals surface area contributed by atoms with Gasteiger partial charge in [0, 0.05) is 45.0 Å². The molecule has 0 saturated carbocycles. The molecule has 66 heavy (non-hydrogen) atoms. The minimum Gasteiger partial charge on any atom is -0.464 e. The van der Waals surface area contributed by atoms with E-state index in [4.69, 9.17) is 4.42 Å². The van der Waals surface area contributed by atoms with Gasteiger partial charge in [-0.1, -0.05) is 145 Å². The summed E-state index contributed by atoms with van der Waals surface area (Å²) >= 11 is 0. The van der Waals surface area contributed by atoms with Crippen LogP contribution in [0.2, 0.25) is 0 Å². The van der Waals surface area contributed by atoms with Crippen molar-refractivity contribution in [2.24, 2.45) is 0 Å². The van der Waals surface area contributed by atoms with Crippen molar-refractivity contribution in [1.29, 1.82) is 0 Å². The van der Waals surface area contributed by atoms with E-state index in [-0.39, 0.29) is 17.7 Å². The quantitative estimate of drug-likeness (QED) is 0.161.